The van der Waals surface area contributed by atoms with Crippen molar-refractivity contribution in [1.82, 2.24) is 15.3 Å². The third kappa shape index (κ3) is 5.26. The molecule has 14 heteroatoms. The fourth-order valence-corrected chi connectivity index (χ4v) is 4.00. The maximum Gasteiger partial charge on any atom is 1.00 e. The van der Waals surface area contributed by atoms with Crippen LogP contribution in [-0.4, -0.2) is 64.8 Å². The van der Waals surface area contributed by atoms with E-state index in [1.54, 1.807) is 24.3 Å². The van der Waals surface area contributed by atoms with Gasteiger partial charge in [-0.25, -0.2) is 4.79 Å². The molecule has 34 heavy (non-hydrogen) atoms. The summed E-state index contributed by atoms with van der Waals surface area (Å²) in [6.07, 6.45) is -0.757. The quantitative estimate of drug-likeness (QED) is 0.239. The number of rotatable bonds is 7. The third-order valence-electron chi connectivity index (χ3n) is 5.64. The average Bonchev–Trinajstić information content (AvgIpc) is 3.20. The van der Waals surface area contributed by atoms with Crippen molar-refractivity contribution in [2.75, 3.05) is 40.6 Å². The SMILES string of the molecule is Nc1nc2c(c(=O)[nH]1)N1CN(c3ccc(C(=O)N[C@@H](CCC(=O)[O-])C(=O)O)cc3)C[C@H]1CN2.[Na+]. The molecule has 2 aliphatic heterocycles. The molecule has 4 rings (SSSR count). The molecule has 0 aliphatic carbocycles. The fourth-order valence-electron chi connectivity index (χ4n) is 4.00. The number of nitrogens with zero attached hydrogens (tertiary/aromatic N) is 3. The number of nitrogens with two attached hydrogens (primary N) is 1. The minimum atomic E-state index is -1.39. The van der Waals surface area contributed by atoms with E-state index in [2.05, 4.69) is 20.6 Å². The summed E-state index contributed by atoms with van der Waals surface area (Å²) >= 11 is 0. The van der Waals surface area contributed by atoms with Gasteiger partial charge in [0.1, 0.15) is 11.7 Å². The number of hydrogen-bond donors (Lipinski definition) is 5. The van der Waals surface area contributed by atoms with Gasteiger partial charge in [0.15, 0.2) is 5.82 Å². The molecule has 174 valence electrons. The molecular formula is C20H22N7NaO6. The van der Waals surface area contributed by atoms with E-state index < -0.39 is 30.3 Å². The van der Waals surface area contributed by atoms with Gasteiger partial charge in [-0.05, 0) is 37.1 Å². The van der Waals surface area contributed by atoms with Gasteiger partial charge in [-0.15, -0.1) is 0 Å². The second-order valence-electron chi connectivity index (χ2n) is 7.84. The Bertz CT molecular complexity index is 1160. The maximum absolute atomic E-state index is 12.4. The molecule has 2 atom stereocenters. The van der Waals surface area contributed by atoms with E-state index in [4.69, 9.17) is 5.73 Å². The van der Waals surface area contributed by atoms with E-state index in [-0.39, 0.29) is 59.1 Å². The zero-order valence-corrected chi connectivity index (χ0v) is 20.4. The maximum atomic E-state index is 12.4. The Balaban J connectivity index is 0.00000324. The number of aromatic nitrogens is 2. The van der Waals surface area contributed by atoms with Crippen molar-refractivity contribution in [3.63, 3.8) is 0 Å². The smallest absolute Gasteiger partial charge is 0.550 e. The van der Waals surface area contributed by atoms with Crippen LogP contribution < -0.4 is 66.4 Å². The van der Waals surface area contributed by atoms with E-state index in [0.29, 0.717) is 31.3 Å². The van der Waals surface area contributed by atoms with Crippen molar-refractivity contribution < 1.29 is 54.2 Å². The number of nitrogens with one attached hydrogen (secondary N) is 3. The first-order valence-corrected chi connectivity index (χ1v) is 10.2. The molecule has 6 N–H and O–H groups in total. The first kappa shape index (κ1) is 25.3. The van der Waals surface area contributed by atoms with Gasteiger partial charge in [0.2, 0.25) is 5.95 Å². The summed E-state index contributed by atoms with van der Waals surface area (Å²) in [5.74, 6) is -2.86. The van der Waals surface area contributed by atoms with E-state index in [9.17, 15) is 29.4 Å². The number of carbonyl (C=O) groups excluding carboxylic acids is 2. The summed E-state index contributed by atoms with van der Waals surface area (Å²) in [5.41, 5.74) is 6.77. The van der Waals surface area contributed by atoms with Crippen LogP contribution in [0.25, 0.3) is 0 Å². The molecule has 1 saturated heterocycles. The minimum Gasteiger partial charge on any atom is -0.550 e. The summed E-state index contributed by atoms with van der Waals surface area (Å²) in [5, 5.41) is 25.2. The van der Waals surface area contributed by atoms with Crippen LogP contribution >= 0.6 is 0 Å². The van der Waals surface area contributed by atoms with Gasteiger partial charge in [-0.2, -0.15) is 4.98 Å². The van der Waals surface area contributed by atoms with Crippen LogP contribution in [0.2, 0.25) is 0 Å². The Morgan fingerprint density at radius 3 is 2.65 bits per heavy atom. The van der Waals surface area contributed by atoms with Crippen molar-refractivity contribution in [3.05, 3.63) is 40.2 Å². The van der Waals surface area contributed by atoms with Crippen LogP contribution in [0.3, 0.4) is 0 Å². The summed E-state index contributed by atoms with van der Waals surface area (Å²) in [4.78, 5) is 57.4. The number of aromatic amines is 1. The standard InChI is InChI=1S/C20H23N7O6.Na/c21-20-24-16-15(18(31)25-20)27-9-26(8-12(27)7-22-16)11-3-1-10(2-4-11)17(30)23-13(19(32)33)5-6-14(28)29;/h1-4,12-13H,5-9H2,(H,23,30)(H,28,29)(H,32,33)(H4,21,22,24,25,31);/q;+1/p-1/t12-,13+;/m1./s1. The van der Waals surface area contributed by atoms with Gasteiger partial charge in [0.05, 0.1) is 12.7 Å². The average molecular weight is 479 g/mol. The summed E-state index contributed by atoms with van der Waals surface area (Å²) in [6, 6.07) is 5.26. The number of aliphatic carboxylic acids is 2. The van der Waals surface area contributed by atoms with Gasteiger partial charge >= 0.3 is 35.5 Å². The topological polar surface area (TPSA) is 197 Å². The Kier molecular flexibility index (Phi) is 7.69. The number of hydrogen-bond acceptors (Lipinski definition) is 10. The van der Waals surface area contributed by atoms with Crippen LogP contribution in [0, 0.1) is 0 Å². The molecule has 2 aromatic rings. The van der Waals surface area contributed by atoms with Gasteiger partial charge in [0.25, 0.3) is 11.5 Å². The molecule has 1 amide bonds. The molecule has 0 bridgehead atoms. The van der Waals surface area contributed by atoms with Crippen molar-refractivity contribution >= 4 is 41.0 Å². The number of carboxylic acids is 2. The molecular weight excluding hydrogens is 457 g/mol. The van der Waals surface area contributed by atoms with Crippen molar-refractivity contribution in [2.45, 2.75) is 24.9 Å². The fraction of sp³-hybridized carbons (Fsp3) is 0.350. The Morgan fingerprint density at radius 2 is 2.00 bits per heavy atom. The Labute approximate surface area is 215 Å². The number of amides is 1. The molecule has 13 nitrogen and oxygen atoms in total. The number of benzene rings is 1. The first-order chi connectivity index (χ1) is 15.7. The minimum absolute atomic E-state index is 0. The predicted molar refractivity (Wildman–Crippen MR) is 116 cm³/mol. The molecule has 0 radical (unpaired) electrons. The zero-order valence-electron chi connectivity index (χ0n) is 18.4. The molecule has 0 spiro atoms. The van der Waals surface area contributed by atoms with Crippen LogP contribution in [0.4, 0.5) is 23.1 Å². The zero-order chi connectivity index (χ0) is 23.7. The van der Waals surface area contributed by atoms with Gasteiger partial charge < -0.3 is 41.2 Å². The van der Waals surface area contributed by atoms with Crippen LogP contribution in [0.15, 0.2) is 29.1 Å². The van der Waals surface area contributed by atoms with E-state index >= 15 is 0 Å². The Hall–Kier alpha value is -3.29. The molecule has 0 unspecified atom stereocenters. The van der Waals surface area contributed by atoms with Crippen LogP contribution in [0.1, 0.15) is 23.2 Å². The first-order valence-electron chi connectivity index (χ1n) is 10.2. The number of carboxylic acid groups (broad SMARTS) is 2. The molecule has 1 aromatic carbocycles. The molecule has 3 heterocycles. The second-order valence-corrected chi connectivity index (χ2v) is 7.84. The van der Waals surface area contributed by atoms with Gasteiger partial charge in [-0.1, -0.05) is 0 Å². The van der Waals surface area contributed by atoms with Crippen LogP contribution in [-0.2, 0) is 9.59 Å². The molecule has 2 aliphatic rings. The number of H-pyrrole nitrogens is 1. The van der Waals surface area contributed by atoms with E-state index in [1.807, 2.05) is 9.80 Å². The van der Waals surface area contributed by atoms with Crippen molar-refractivity contribution in [1.29, 1.82) is 0 Å². The number of anilines is 4. The number of carbonyl (C=O) groups is 3. The summed E-state index contributed by atoms with van der Waals surface area (Å²) < 4.78 is 0. The van der Waals surface area contributed by atoms with E-state index in [1.165, 1.54) is 0 Å². The van der Waals surface area contributed by atoms with Crippen LogP contribution in [0.5, 0.6) is 0 Å². The van der Waals surface area contributed by atoms with E-state index in [0.717, 1.165) is 5.69 Å². The number of fused-ring (bicyclic) bond motifs is 3. The normalized spacial score (nSPS) is 17.0. The third-order valence-corrected chi connectivity index (χ3v) is 5.64. The predicted octanol–water partition coefficient (Wildman–Crippen LogP) is -4.85. The molecule has 1 aromatic heterocycles. The Morgan fingerprint density at radius 1 is 1.29 bits per heavy atom. The van der Waals surface area contributed by atoms with Gasteiger partial charge in [0, 0.05) is 30.3 Å². The monoisotopic (exact) mass is 479 g/mol. The second kappa shape index (κ2) is 10.3. The van der Waals surface area contributed by atoms with Crippen molar-refractivity contribution in [3.8, 4) is 0 Å². The molecule has 0 saturated carbocycles. The summed E-state index contributed by atoms with van der Waals surface area (Å²) in [6.45, 7) is 1.65. The van der Waals surface area contributed by atoms with Crippen molar-refractivity contribution in [2.24, 2.45) is 0 Å². The number of nitrogen functional groups attached to an aromatic ring is 1. The largest absolute Gasteiger partial charge is 1.00 e. The molecule has 1 fully saturated rings. The van der Waals surface area contributed by atoms with Gasteiger partial charge in [-0.3, -0.25) is 14.6 Å². The summed E-state index contributed by atoms with van der Waals surface area (Å²) in [7, 11) is 0.